The van der Waals surface area contributed by atoms with Crippen molar-refractivity contribution < 1.29 is 9.53 Å². The van der Waals surface area contributed by atoms with Gasteiger partial charge in [-0.3, -0.25) is 4.99 Å². The molecule has 1 aromatic rings. The minimum absolute atomic E-state index is 0.186. The molecular formula is C16H27N5O2S. The SMILES string of the molecule is CCc1nc(CNC(=NC)NC2CN(C(=O)OC(C)(C)C)C2)cs1. The zero-order valence-electron chi connectivity index (χ0n) is 15.0. The minimum atomic E-state index is -0.460. The van der Waals surface area contributed by atoms with E-state index >= 15 is 0 Å². The minimum Gasteiger partial charge on any atom is -0.444 e. The summed E-state index contributed by atoms with van der Waals surface area (Å²) in [5.41, 5.74) is 0.557. The van der Waals surface area contributed by atoms with Crippen LogP contribution in [0.2, 0.25) is 0 Å². The molecule has 0 spiro atoms. The van der Waals surface area contributed by atoms with Gasteiger partial charge >= 0.3 is 6.09 Å². The highest BCUT2D eigenvalue weighted by Gasteiger charge is 2.34. The molecule has 134 valence electrons. The lowest BCUT2D eigenvalue weighted by molar-refractivity contribution is 0.00701. The maximum Gasteiger partial charge on any atom is 0.410 e. The fourth-order valence-electron chi connectivity index (χ4n) is 2.20. The summed E-state index contributed by atoms with van der Waals surface area (Å²) in [6.07, 6.45) is 0.693. The summed E-state index contributed by atoms with van der Waals surface area (Å²) in [6, 6.07) is 0.186. The number of amides is 1. The van der Waals surface area contributed by atoms with Gasteiger partial charge in [0.15, 0.2) is 5.96 Å². The van der Waals surface area contributed by atoms with Crippen LogP contribution in [0.15, 0.2) is 10.4 Å². The summed E-state index contributed by atoms with van der Waals surface area (Å²) in [7, 11) is 1.73. The van der Waals surface area contributed by atoms with Crippen molar-refractivity contribution >= 4 is 23.4 Å². The Morgan fingerprint density at radius 1 is 1.50 bits per heavy atom. The zero-order chi connectivity index (χ0) is 17.7. The van der Waals surface area contributed by atoms with Gasteiger partial charge < -0.3 is 20.3 Å². The fourth-order valence-corrected chi connectivity index (χ4v) is 2.94. The number of hydrogen-bond donors (Lipinski definition) is 2. The normalized spacial score (nSPS) is 15.9. The van der Waals surface area contributed by atoms with Crippen molar-refractivity contribution in [2.45, 2.75) is 52.3 Å². The molecule has 1 fully saturated rings. The van der Waals surface area contributed by atoms with Crippen LogP contribution in [0.25, 0.3) is 0 Å². The van der Waals surface area contributed by atoms with Gasteiger partial charge in [0.05, 0.1) is 23.3 Å². The van der Waals surface area contributed by atoms with Crippen LogP contribution in [0.4, 0.5) is 4.79 Å². The second-order valence-electron chi connectivity index (χ2n) is 6.74. The molecular weight excluding hydrogens is 326 g/mol. The molecule has 0 atom stereocenters. The lowest BCUT2D eigenvalue weighted by atomic mass is 10.1. The van der Waals surface area contributed by atoms with E-state index in [0.717, 1.165) is 23.1 Å². The smallest absolute Gasteiger partial charge is 0.410 e. The first-order valence-electron chi connectivity index (χ1n) is 8.19. The van der Waals surface area contributed by atoms with E-state index in [2.05, 4.69) is 32.9 Å². The van der Waals surface area contributed by atoms with Crippen LogP contribution < -0.4 is 10.6 Å². The van der Waals surface area contributed by atoms with E-state index in [0.29, 0.717) is 19.6 Å². The van der Waals surface area contributed by atoms with E-state index < -0.39 is 5.60 Å². The predicted octanol–water partition coefficient (Wildman–Crippen LogP) is 1.99. The molecule has 1 aromatic heterocycles. The number of aryl methyl sites for hydroxylation is 1. The number of thiazole rings is 1. The molecule has 1 amide bonds. The molecule has 1 aliphatic rings. The number of guanidine groups is 1. The number of aliphatic imine (C=N–C) groups is 1. The third-order valence-corrected chi connectivity index (χ3v) is 4.48. The molecule has 1 saturated heterocycles. The molecule has 0 bridgehead atoms. The first-order chi connectivity index (χ1) is 11.3. The summed E-state index contributed by atoms with van der Waals surface area (Å²) in [5, 5.41) is 9.76. The molecule has 0 radical (unpaired) electrons. The largest absolute Gasteiger partial charge is 0.444 e. The average Bonchev–Trinajstić information content (AvgIpc) is 2.91. The molecule has 2 N–H and O–H groups in total. The Hall–Kier alpha value is -1.83. The summed E-state index contributed by atoms with van der Waals surface area (Å²) in [4.78, 5) is 22.3. The molecule has 2 heterocycles. The number of hydrogen-bond acceptors (Lipinski definition) is 5. The highest BCUT2D eigenvalue weighted by molar-refractivity contribution is 7.09. The van der Waals surface area contributed by atoms with Crippen molar-refractivity contribution in [3.05, 3.63) is 16.1 Å². The highest BCUT2D eigenvalue weighted by Crippen LogP contribution is 2.15. The van der Waals surface area contributed by atoms with Crippen LogP contribution >= 0.6 is 11.3 Å². The maximum atomic E-state index is 11.9. The van der Waals surface area contributed by atoms with Gasteiger partial charge in [0.2, 0.25) is 0 Å². The summed E-state index contributed by atoms with van der Waals surface area (Å²) in [5.74, 6) is 0.717. The Labute approximate surface area is 147 Å². The second kappa shape index (κ2) is 7.83. The Kier molecular flexibility index (Phi) is 6.04. The monoisotopic (exact) mass is 353 g/mol. The standard InChI is InChI=1S/C16H27N5O2S/c1-6-13-19-11(10-24-13)7-18-14(17-5)20-12-8-21(9-12)15(22)23-16(2,3)4/h10,12H,6-9H2,1-5H3,(H2,17,18,20). The third-order valence-electron chi connectivity index (χ3n) is 3.44. The van der Waals surface area contributed by atoms with E-state index in [4.69, 9.17) is 4.74 Å². The number of likely N-dealkylation sites (tertiary alicyclic amines) is 1. The van der Waals surface area contributed by atoms with Gasteiger partial charge in [-0.25, -0.2) is 9.78 Å². The van der Waals surface area contributed by atoms with E-state index in [-0.39, 0.29) is 12.1 Å². The predicted molar refractivity (Wildman–Crippen MR) is 96.4 cm³/mol. The van der Waals surface area contributed by atoms with Crippen molar-refractivity contribution in [3.63, 3.8) is 0 Å². The maximum absolute atomic E-state index is 11.9. The molecule has 1 aliphatic heterocycles. The lowest BCUT2D eigenvalue weighted by Gasteiger charge is -2.40. The van der Waals surface area contributed by atoms with Crippen molar-refractivity contribution in [1.29, 1.82) is 0 Å². The first-order valence-corrected chi connectivity index (χ1v) is 9.07. The van der Waals surface area contributed by atoms with Crippen LogP contribution in [0.3, 0.4) is 0 Å². The number of ether oxygens (including phenoxy) is 1. The molecule has 24 heavy (non-hydrogen) atoms. The van der Waals surface area contributed by atoms with Crippen LogP contribution in [-0.2, 0) is 17.7 Å². The van der Waals surface area contributed by atoms with Gasteiger partial charge in [-0.15, -0.1) is 11.3 Å². The number of nitrogens with zero attached hydrogens (tertiary/aromatic N) is 3. The van der Waals surface area contributed by atoms with Crippen LogP contribution in [0.5, 0.6) is 0 Å². The number of nitrogens with one attached hydrogen (secondary N) is 2. The molecule has 7 nitrogen and oxygen atoms in total. The highest BCUT2D eigenvalue weighted by atomic mass is 32.1. The van der Waals surface area contributed by atoms with Crippen LogP contribution in [0.1, 0.15) is 38.4 Å². The lowest BCUT2D eigenvalue weighted by Crippen LogP contribution is -2.63. The van der Waals surface area contributed by atoms with Gasteiger partial charge in [-0.1, -0.05) is 6.92 Å². The summed E-state index contributed by atoms with van der Waals surface area (Å²) in [6.45, 7) is 9.58. The van der Waals surface area contributed by atoms with Gasteiger partial charge in [-0.2, -0.15) is 0 Å². The second-order valence-corrected chi connectivity index (χ2v) is 7.68. The number of aromatic nitrogens is 1. The van der Waals surface area contributed by atoms with Crippen molar-refractivity contribution in [3.8, 4) is 0 Å². The number of carbonyl (C=O) groups excluding carboxylic acids is 1. The number of carbonyl (C=O) groups is 1. The third kappa shape index (κ3) is 5.36. The van der Waals surface area contributed by atoms with Crippen LogP contribution in [-0.4, -0.2) is 53.7 Å². The molecule has 0 aliphatic carbocycles. The topological polar surface area (TPSA) is 78.9 Å². The van der Waals surface area contributed by atoms with E-state index in [1.165, 1.54) is 0 Å². The van der Waals surface area contributed by atoms with Gasteiger partial charge in [0.25, 0.3) is 0 Å². The van der Waals surface area contributed by atoms with Gasteiger partial charge in [0.1, 0.15) is 5.60 Å². The Bertz CT molecular complexity index is 588. The summed E-state index contributed by atoms with van der Waals surface area (Å²) >= 11 is 1.68. The molecule has 0 aromatic carbocycles. The van der Waals surface area contributed by atoms with E-state index in [1.807, 2.05) is 20.8 Å². The zero-order valence-corrected chi connectivity index (χ0v) is 15.9. The van der Waals surface area contributed by atoms with Crippen molar-refractivity contribution in [2.24, 2.45) is 4.99 Å². The van der Waals surface area contributed by atoms with Crippen molar-refractivity contribution in [2.75, 3.05) is 20.1 Å². The first kappa shape index (κ1) is 18.5. The van der Waals surface area contributed by atoms with Crippen LogP contribution in [0, 0.1) is 0 Å². The number of rotatable bonds is 4. The molecule has 0 unspecified atom stereocenters. The van der Waals surface area contributed by atoms with Gasteiger partial charge in [-0.05, 0) is 27.2 Å². The Morgan fingerprint density at radius 3 is 2.75 bits per heavy atom. The van der Waals surface area contributed by atoms with E-state index in [1.54, 1.807) is 23.3 Å². The molecule has 8 heteroatoms. The molecule has 2 rings (SSSR count). The Morgan fingerprint density at radius 2 is 2.21 bits per heavy atom. The van der Waals surface area contributed by atoms with Gasteiger partial charge in [0, 0.05) is 25.5 Å². The van der Waals surface area contributed by atoms with E-state index in [9.17, 15) is 4.79 Å². The summed E-state index contributed by atoms with van der Waals surface area (Å²) < 4.78 is 5.35. The quantitative estimate of drug-likeness (QED) is 0.639. The molecule has 0 saturated carbocycles. The Balaban J connectivity index is 1.72. The fraction of sp³-hybridized carbons (Fsp3) is 0.688. The average molecular weight is 353 g/mol. The van der Waals surface area contributed by atoms with Crippen molar-refractivity contribution in [1.82, 2.24) is 20.5 Å².